The molecule has 1 fully saturated rings. The summed E-state index contributed by atoms with van der Waals surface area (Å²) in [6, 6.07) is 1.90. The van der Waals surface area contributed by atoms with Crippen LogP contribution in [-0.2, 0) is 11.2 Å². The lowest BCUT2D eigenvalue weighted by Gasteiger charge is -2.29. The standard InChI is InChI=1S/C13H23N5O/c1-9(2)6-10-7-12(17-14)16-13(15-10)11-8-18(3)4-5-19-11/h7,9,11H,4-6,8,14H2,1-3H3,(H,15,16,17). The number of anilines is 1. The Balaban J connectivity index is 2.22. The van der Waals surface area contributed by atoms with Gasteiger partial charge in [0.05, 0.1) is 6.61 Å². The van der Waals surface area contributed by atoms with E-state index in [1.807, 2.05) is 6.07 Å². The molecule has 2 heterocycles. The summed E-state index contributed by atoms with van der Waals surface area (Å²) in [5.74, 6) is 7.40. The monoisotopic (exact) mass is 265 g/mol. The van der Waals surface area contributed by atoms with Gasteiger partial charge in [0.2, 0.25) is 0 Å². The van der Waals surface area contributed by atoms with Crippen molar-refractivity contribution >= 4 is 5.82 Å². The molecule has 0 saturated carbocycles. The molecule has 1 aromatic rings. The van der Waals surface area contributed by atoms with Gasteiger partial charge in [-0.25, -0.2) is 15.8 Å². The summed E-state index contributed by atoms with van der Waals surface area (Å²) in [7, 11) is 2.08. The Bertz CT molecular complexity index is 423. The molecule has 6 heteroatoms. The van der Waals surface area contributed by atoms with Gasteiger partial charge in [0.1, 0.15) is 11.9 Å². The summed E-state index contributed by atoms with van der Waals surface area (Å²) in [4.78, 5) is 11.3. The largest absolute Gasteiger partial charge is 0.368 e. The molecule has 6 nitrogen and oxygen atoms in total. The van der Waals surface area contributed by atoms with Crippen molar-refractivity contribution in [1.82, 2.24) is 14.9 Å². The van der Waals surface area contributed by atoms with Crippen LogP contribution >= 0.6 is 0 Å². The summed E-state index contributed by atoms with van der Waals surface area (Å²) in [6.07, 6.45) is 0.838. The van der Waals surface area contributed by atoms with Gasteiger partial charge < -0.3 is 15.1 Å². The van der Waals surface area contributed by atoms with Gasteiger partial charge in [-0.15, -0.1) is 0 Å². The number of nitrogens with two attached hydrogens (primary N) is 1. The minimum Gasteiger partial charge on any atom is -0.368 e. The van der Waals surface area contributed by atoms with E-state index in [4.69, 9.17) is 10.6 Å². The number of aromatic nitrogens is 2. The minimum absolute atomic E-state index is 0.0713. The van der Waals surface area contributed by atoms with E-state index in [0.717, 1.165) is 31.0 Å². The van der Waals surface area contributed by atoms with Crippen molar-refractivity contribution in [2.75, 3.05) is 32.2 Å². The lowest BCUT2D eigenvalue weighted by atomic mass is 10.1. The van der Waals surface area contributed by atoms with Gasteiger partial charge in [-0.1, -0.05) is 13.8 Å². The lowest BCUT2D eigenvalue weighted by molar-refractivity contribution is -0.0255. The number of hydrogen-bond donors (Lipinski definition) is 2. The predicted molar refractivity (Wildman–Crippen MR) is 74.6 cm³/mol. The molecule has 1 aromatic heterocycles. The second-order valence-corrected chi connectivity index (χ2v) is 5.47. The highest BCUT2D eigenvalue weighted by Crippen LogP contribution is 2.21. The van der Waals surface area contributed by atoms with Gasteiger partial charge in [-0.3, -0.25) is 0 Å². The molecule has 0 aromatic carbocycles. The molecule has 3 N–H and O–H groups in total. The lowest BCUT2D eigenvalue weighted by Crippen LogP contribution is -2.36. The molecule has 0 spiro atoms. The fourth-order valence-corrected chi connectivity index (χ4v) is 2.19. The molecular formula is C13H23N5O. The van der Waals surface area contributed by atoms with Gasteiger partial charge in [0.15, 0.2) is 5.82 Å². The molecule has 106 valence electrons. The molecule has 1 aliphatic heterocycles. The number of likely N-dealkylation sites (N-methyl/N-ethyl adjacent to an activating group) is 1. The number of hydrogen-bond acceptors (Lipinski definition) is 6. The second-order valence-electron chi connectivity index (χ2n) is 5.47. The van der Waals surface area contributed by atoms with Gasteiger partial charge in [0, 0.05) is 24.8 Å². The van der Waals surface area contributed by atoms with Gasteiger partial charge in [0.25, 0.3) is 0 Å². The Hall–Kier alpha value is -1.24. The van der Waals surface area contributed by atoms with E-state index in [9.17, 15) is 0 Å². The fourth-order valence-electron chi connectivity index (χ4n) is 2.19. The topological polar surface area (TPSA) is 76.3 Å². The average Bonchev–Trinajstić information content (AvgIpc) is 2.37. The van der Waals surface area contributed by atoms with Crippen LogP contribution in [0.25, 0.3) is 0 Å². The van der Waals surface area contributed by atoms with Crippen LogP contribution in [0.5, 0.6) is 0 Å². The predicted octanol–water partition coefficient (Wildman–Crippen LogP) is 0.964. The number of nitrogens with one attached hydrogen (secondary N) is 1. The first-order valence-electron chi connectivity index (χ1n) is 6.73. The molecule has 0 bridgehead atoms. The van der Waals surface area contributed by atoms with E-state index in [2.05, 4.69) is 41.2 Å². The molecule has 1 unspecified atom stereocenters. The zero-order chi connectivity index (χ0) is 13.8. The first-order valence-corrected chi connectivity index (χ1v) is 6.73. The molecule has 2 rings (SSSR count). The van der Waals surface area contributed by atoms with Crippen LogP contribution in [0.4, 0.5) is 5.82 Å². The molecule has 1 atom stereocenters. The quantitative estimate of drug-likeness (QED) is 0.624. The molecule has 1 aliphatic rings. The highest BCUT2D eigenvalue weighted by atomic mass is 16.5. The molecule has 0 radical (unpaired) electrons. The molecule has 0 aliphatic carbocycles. The highest BCUT2D eigenvalue weighted by Gasteiger charge is 2.23. The Kier molecular flexibility index (Phi) is 4.68. The Morgan fingerprint density at radius 2 is 2.32 bits per heavy atom. The van der Waals surface area contributed by atoms with Crippen LogP contribution in [0.15, 0.2) is 6.07 Å². The third-order valence-corrected chi connectivity index (χ3v) is 3.12. The van der Waals surface area contributed by atoms with Crippen molar-refractivity contribution < 1.29 is 4.74 Å². The van der Waals surface area contributed by atoms with Crippen molar-refractivity contribution in [1.29, 1.82) is 0 Å². The zero-order valence-corrected chi connectivity index (χ0v) is 11.9. The summed E-state index contributed by atoms with van der Waals surface area (Å²) in [5, 5.41) is 0. The van der Waals surface area contributed by atoms with Crippen LogP contribution < -0.4 is 11.3 Å². The minimum atomic E-state index is -0.0713. The average molecular weight is 265 g/mol. The highest BCUT2D eigenvalue weighted by molar-refractivity contribution is 5.35. The van der Waals surface area contributed by atoms with E-state index in [0.29, 0.717) is 18.3 Å². The van der Waals surface area contributed by atoms with Gasteiger partial charge in [-0.2, -0.15) is 0 Å². The maximum Gasteiger partial charge on any atom is 0.161 e. The Morgan fingerprint density at radius 3 is 2.95 bits per heavy atom. The van der Waals surface area contributed by atoms with E-state index >= 15 is 0 Å². The molecule has 0 amide bonds. The third-order valence-electron chi connectivity index (χ3n) is 3.12. The van der Waals surface area contributed by atoms with Crippen molar-refractivity contribution in [2.24, 2.45) is 11.8 Å². The van der Waals surface area contributed by atoms with E-state index in [1.54, 1.807) is 0 Å². The van der Waals surface area contributed by atoms with Gasteiger partial charge >= 0.3 is 0 Å². The maximum atomic E-state index is 5.76. The first kappa shape index (κ1) is 14.2. The van der Waals surface area contributed by atoms with Crippen LogP contribution in [0.1, 0.15) is 31.5 Å². The van der Waals surface area contributed by atoms with Crippen LogP contribution in [-0.4, -0.2) is 41.6 Å². The summed E-state index contributed by atoms with van der Waals surface area (Å²) < 4.78 is 5.76. The van der Waals surface area contributed by atoms with Gasteiger partial charge in [-0.05, 0) is 19.4 Å². The summed E-state index contributed by atoms with van der Waals surface area (Å²) in [5.41, 5.74) is 3.62. The number of morpholine rings is 1. The van der Waals surface area contributed by atoms with Crippen molar-refractivity contribution in [2.45, 2.75) is 26.4 Å². The molecule has 19 heavy (non-hydrogen) atoms. The number of rotatable bonds is 4. The number of nitrogens with zero attached hydrogens (tertiary/aromatic N) is 3. The third kappa shape index (κ3) is 3.86. The van der Waals surface area contributed by atoms with Crippen molar-refractivity contribution in [3.8, 4) is 0 Å². The van der Waals surface area contributed by atoms with Crippen LogP contribution in [0, 0.1) is 5.92 Å². The number of ether oxygens (including phenoxy) is 1. The first-order chi connectivity index (χ1) is 9.08. The number of nitrogen functional groups attached to an aromatic ring is 1. The molecule has 1 saturated heterocycles. The van der Waals surface area contributed by atoms with Crippen LogP contribution in [0.2, 0.25) is 0 Å². The normalized spacial score (nSPS) is 20.8. The maximum absolute atomic E-state index is 5.76. The number of hydrazine groups is 1. The van der Waals surface area contributed by atoms with Crippen molar-refractivity contribution in [3.63, 3.8) is 0 Å². The zero-order valence-electron chi connectivity index (χ0n) is 11.9. The second kappa shape index (κ2) is 6.27. The van der Waals surface area contributed by atoms with E-state index < -0.39 is 0 Å². The summed E-state index contributed by atoms with van der Waals surface area (Å²) in [6.45, 7) is 6.81. The van der Waals surface area contributed by atoms with Crippen LogP contribution in [0.3, 0.4) is 0 Å². The smallest absolute Gasteiger partial charge is 0.161 e. The van der Waals surface area contributed by atoms with Crippen molar-refractivity contribution in [3.05, 3.63) is 17.6 Å². The summed E-state index contributed by atoms with van der Waals surface area (Å²) >= 11 is 0. The Labute approximate surface area is 114 Å². The van der Waals surface area contributed by atoms with E-state index in [-0.39, 0.29) is 6.10 Å². The SMILES string of the molecule is CC(C)Cc1cc(NN)nc(C2CN(C)CCO2)n1. The van der Waals surface area contributed by atoms with E-state index in [1.165, 1.54) is 0 Å². The Morgan fingerprint density at radius 1 is 1.53 bits per heavy atom. The molecular weight excluding hydrogens is 242 g/mol. The fraction of sp³-hybridized carbons (Fsp3) is 0.692.